The highest BCUT2D eigenvalue weighted by atomic mass is 16.5. The van der Waals surface area contributed by atoms with E-state index in [0.29, 0.717) is 5.92 Å². The lowest BCUT2D eigenvalue weighted by Gasteiger charge is -2.22. The molecule has 1 N–H and O–H groups in total. The number of hydrogen-bond donors (Lipinski definition) is 1. The monoisotopic (exact) mass is 374 g/mol. The molecule has 0 radical (unpaired) electrons. The lowest BCUT2D eigenvalue weighted by atomic mass is 9.90. The fourth-order valence-corrected chi connectivity index (χ4v) is 4.13. The van der Waals surface area contributed by atoms with E-state index in [4.69, 9.17) is 4.74 Å². The summed E-state index contributed by atoms with van der Waals surface area (Å²) in [4.78, 5) is 11.2. The Hall–Kier alpha value is -2.81. The summed E-state index contributed by atoms with van der Waals surface area (Å²) in [6, 6.07) is 20.4. The smallest absolute Gasteiger partial charge is 0.307 e. The van der Waals surface area contributed by atoms with Crippen molar-refractivity contribution in [3.8, 4) is 16.9 Å². The molecule has 1 saturated carbocycles. The minimum Gasteiger partial charge on any atom is -0.493 e. The molecule has 0 heterocycles. The Morgan fingerprint density at radius 1 is 0.929 bits per heavy atom. The third kappa shape index (κ3) is 4.36. The summed E-state index contributed by atoms with van der Waals surface area (Å²) in [5.41, 5.74) is 2.82. The number of aliphatic carboxylic acids is 1. The van der Waals surface area contributed by atoms with Gasteiger partial charge >= 0.3 is 5.97 Å². The van der Waals surface area contributed by atoms with Gasteiger partial charge in [0.15, 0.2) is 0 Å². The summed E-state index contributed by atoms with van der Waals surface area (Å²) in [6.45, 7) is 0.735. The quantitative estimate of drug-likeness (QED) is 0.567. The molecule has 0 aliphatic heterocycles. The molecule has 0 spiro atoms. The van der Waals surface area contributed by atoms with E-state index in [0.717, 1.165) is 29.0 Å². The zero-order chi connectivity index (χ0) is 19.3. The highest BCUT2D eigenvalue weighted by molar-refractivity contribution is 5.88. The summed E-state index contributed by atoms with van der Waals surface area (Å²) in [6.07, 6.45) is 6.42. The van der Waals surface area contributed by atoms with Crippen LogP contribution in [-0.4, -0.2) is 17.7 Å². The van der Waals surface area contributed by atoms with Crippen LogP contribution in [0.5, 0.6) is 5.75 Å². The molecule has 4 rings (SSSR count). The van der Waals surface area contributed by atoms with Gasteiger partial charge in [-0.2, -0.15) is 0 Å². The van der Waals surface area contributed by atoms with Crippen LogP contribution in [0.3, 0.4) is 0 Å². The normalized spacial score (nSPS) is 14.9. The zero-order valence-electron chi connectivity index (χ0n) is 16.1. The molecule has 1 fully saturated rings. The average molecular weight is 374 g/mol. The topological polar surface area (TPSA) is 46.5 Å². The molecule has 144 valence electrons. The first kappa shape index (κ1) is 18.5. The van der Waals surface area contributed by atoms with Gasteiger partial charge in [0, 0.05) is 5.56 Å². The van der Waals surface area contributed by atoms with Crippen molar-refractivity contribution in [1.82, 2.24) is 0 Å². The Kier molecular flexibility index (Phi) is 5.61. The van der Waals surface area contributed by atoms with Gasteiger partial charge in [-0.1, -0.05) is 61.7 Å². The molecule has 3 heteroatoms. The van der Waals surface area contributed by atoms with Crippen LogP contribution < -0.4 is 4.74 Å². The Morgan fingerprint density at radius 2 is 1.71 bits per heavy atom. The minimum absolute atomic E-state index is 0.0173. The molecule has 0 aromatic heterocycles. The van der Waals surface area contributed by atoms with Crippen LogP contribution in [0.2, 0.25) is 0 Å². The van der Waals surface area contributed by atoms with Crippen LogP contribution in [0.1, 0.15) is 37.7 Å². The second-order valence-corrected chi connectivity index (χ2v) is 7.78. The van der Waals surface area contributed by atoms with E-state index >= 15 is 0 Å². The Morgan fingerprint density at radius 3 is 2.50 bits per heavy atom. The zero-order valence-corrected chi connectivity index (χ0v) is 16.1. The number of carbonyl (C=O) groups is 1. The third-order valence-electron chi connectivity index (χ3n) is 5.66. The molecule has 3 aromatic carbocycles. The Labute approximate surface area is 166 Å². The first-order valence-electron chi connectivity index (χ1n) is 10.2. The fourth-order valence-electron chi connectivity index (χ4n) is 4.13. The summed E-state index contributed by atoms with van der Waals surface area (Å²) in [7, 11) is 0. The van der Waals surface area contributed by atoms with E-state index < -0.39 is 5.97 Å². The number of benzene rings is 3. The van der Waals surface area contributed by atoms with Crippen molar-refractivity contribution < 1.29 is 14.6 Å². The van der Waals surface area contributed by atoms with Crippen LogP contribution in [0.15, 0.2) is 60.7 Å². The molecular formula is C25H26O3. The first-order valence-corrected chi connectivity index (χ1v) is 10.2. The molecule has 0 unspecified atom stereocenters. The van der Waals surface area contributed by atoms with Gasteiger partial charge in [-0.05, 0) is 58.9 Å². The molecule has 0 atom stereocenters. The van der Waals surface area contributed by atoms with Gasteiger partial charge in [-0.3, -0.25) is 4.79 Å². The number of ether oxygens (including phenoxy) is 1. The molecule has 3 aromatic rings. The van der Waals surface area contributed by atoms with Crippen molar-refractivity contribution in [1.29, 1.82) is 0 Å². The number of carboxylic acids is 1. The molecule has 3 nitrogen and oxygen atoms in total. The van der Waals surface area contributed by atoms with Gasteiger partial charge in [0.05, 0.1) is 13.0 Å². The molecule has 0 saturated heterocycles. The van der Waals surface area contributed by atoms with E-state index in [1.54, 1.807) is 0 Å². The molecule has 1 aliphatic rings. The van der Waals surface area contributed by atoms with Crippen molar-refractivity contribution >= 4 is 16.7 Å². The minimum atomic E-state index is -0.819. The van der Waals surface area contributed by atoms with E-state index in [1.807, 2.05) is 30.3 Å². The van der Waals surface area contributed by atoms with E-state index in [9.17, 15) is 9.90 Å². The fraction of sp³-hybridized carbons (Fsp3) is 0.320. The van der Waals surface area contributed by atoms with E-state index in [2.05, 4.69) is 30.3 Å². The maximum Gasteiger partial charge on any atom is 0.307 e. The van der Waals surface area contributed by atoms with Crippen LogP contribution in [0.25, 0.3) is 21.9 Å². The second kappa shape index (κ2) is 8.47. The molecule has 1 aliphatic carbocycles. The van der Waals surface area contributed by atoms with Crippen molar-refractivity contribution in [3.05, 3.63) is 66.2 Å². The van der Waals surface area contributed by atoms with Crippen LogP contribution in [0.4, 0.5) is 0 Å². The van der Waals surface area contributed by atoms with Crippen LogP contribution in [-0.2, 0) is 11.2 Å². The number of hydrogen-bond acceptors (Lipinski definition) is 2. The lowest BCUT2D eigenvalue weighted by molar-refractivity contribution is -0.136. The first-order chi connectivity index (χ1) is 13.7. The van der Waals surface area contributed by atoms with Gasteiger partial charge in [0.2, 0.25) is 0 Å². The summed E-state index contributed by atoms with van der Waals surface area (Å²) < 4.78 is 6.26. The lowest BCUT2D eigenvalue weighted by Crippen LogP contribution is -2.15. The van der Waals surface area contributed by atoms with Gasteiger partial charge in [0.25, 0.3) is 0 Å². The second-order valence-electron chi connectivity index (χ2n) is 7.78. The standard InChI is InChI=1S/C25H26O3/c26-25(27)15-19-10-13-24(28-17-18-6-2-1-3-7-18)23(14-19)22-12-11-20-8-4-5-9-21(20)16-22/h4-5,8-14,16,18H,1-3,6-7,15,17H2,(H,26,27). The van der Waals surface area contributed by atoms with Gasteiger partial charge in [-0.15, -0.1) is 0 Å². The molecule has 0 bridgehead atoms. The summed E-state index contributed by atoms with van der Waals surface area (Å²) in [5.74, 6) is 0.646. The van der Waals surface area contributed by atoms with Gasteiger partial charge < -0.3 is 9.84 Å². The SMILES string of the molecule is O=C(O)Cc1ccc(OCC2CCCCC2)c(-c2ccc3ccccc3c2)c1. The maximum absolute atomic E-state index is 11.2. The molecular weight excluding hydrogens is 348 g/mol. The predicted octanol–water partition coefficient (Wildman–Crippen LogP) is 6.09. The highest BCUT2D eigenvalue weighted by Crippen LogP contribution is 2.34. The molecule has 28 heavy (non-hydrogen) atoms. The van der Waals surface area contributed by atoms with Crippen molar-refractivity contribution in [3.63, 3.8) is 0 Å². The maximum atomic E-state index is 11.2. The van der Waals surface area contributed by atoms with Gasteiger partial charge in [0.1, 0.15) is 5.75 Å². The Balaban J connectivity index is 1.67. The summed E-state index contributed by atoms with van der Waals surface area (Å²) in [5, 5.41) is 11.5. The highest BCUT2D eigenvalue weighted by Gasteiger charge is 2.16. The van der Waals surface area contributed by atoms with E-state index in [-0.39, 0.29) is 6.42 Å². The largest absolute Gasteiger partial charge is 0.493 e. The number of rotatable bonds is 6. The van der Waals surface area contributed by atoms with Crippen molar-refractivity contribution in [2.24, 2.45) is 5.92 Å². The Bertz CT molecular complexity index is 970. The summed E-state index contributed by atoms with van der Waals surface area (Å²) >= 11 is 0. The average Bonchev–Trinajstić information content (AvgIpc) is 2.73. The van der Waals surface area contributed by atoms with Crippen molar-refractivity contribution in [2.75, 3.05) is 6.61 Å². The number of carboxylic acid groups (broad SMARTS) is 1. The van der Waals surface area contributed by atoms with E-state index in [1.165, 1.54) is 42.9 Å². The predicted molar refractivity (Wildman–Crippen MR) is 113 cm³/mol. The van der Waals surface area contributed by atoms with Gasteiger partial charge in [-0.25, -0.2) is 0 Å². The van der Waals surface area contributed by atoms with Crippen LogP contribution in [0, 0.1) is 5.92 Å². The number of fused-ring (bicyclic) bond motifs is 1. The van der Waals surface area contributed by atoms with Crippen LogP contribution >= 0.6 is 0 Å². The third-order valence-corrected chi connectivity index (χ3v) is 5.66. The molecule has 0 amide bonds. The van der Waals surface area contributed by atoms with Crippen molar-refractivity contribution in [2.45, 2.75) is 38.5 Å².